The molecule has 1 N–H and O–H groups in total. The van der Waals surface area contributed by atoms with Gasteiger partial charge in [0.2, 0.25) is 0 Å². The Morgan fingerprint density at radius 1 is 1.05 bits per heavy atom. The van der Waals surface area contributed by atoms with Crippen LogP contribution in [0.15, 0.2) is 48.5 Å². The van der Waals surface area contributed by atoms with Gasteiger partial charge in [0.05, 0.1) is 0 Å². The lowest BCUT2D eigenvalue weighted by Gasteiger charge is -2.19. The Morgan fingerprint density at radius 3 is 2.41 bits per heavy atom. The van der Waals surface area contributed by atoms with Crippen molar-refractivity contribution in [3.63, 3.8) is 0 Å². The SMILES string of the molecule is CC(C)(C)c1ccc(CNCCOc2cccc(F)c2)cc1. The quantitative estimate of drug-likeness (QED) is 0.804. The lowest BCUT2D eigenvalue weighted by Crippen LogP contribution is -2.20. The Kier molecular flexibility index (Phi) is 5.56. The van der Waals surface area contributed by atoms with E-state index in [1.54, 1.807) is 12.1 Å². The molecule has 0 heterocycles. The summed E-state index contributed by atoms with van der Waals surface area (Å²) in [5.74, 6) is 0.292. The van der Waals surface area contributed by atoms with Gasteiger partial charge >= 0.3 is 0 Å². The van der Waals surface area contributed by atoms with Crippen molar-refractivity contribution in [1.29, 1.82) is 0 Å². The van der Waals surface area contributed by atoms with E-state index in [0.29, 0.717) is 12.4 Å². The molecule has 22 heavy (non-hydrogen) atoms. The van der Waals surface area contributed by atoms with E-state index in [4.69, 9.17) is 4.74 Å². The summed E-state index contributed by atoms with van der Waals surface area (Å²) in [5, 5.41) is 3.33. The molecule has 2 rings (SSSR count). The zero-order valence-electron chi connectivity index (χ0n) is 13.5. The fraction of sp³-hybridized carbons (Fsp3) is 0.368. The summed E-state index contributed by atoms with van der Waals surface area (Å²) in [4.78, 5) is 0. The molecule has 0 amide bonds. The molecule has 0 saturated heterocycles. The Morgan fingerprint density at radius 2 is 1.77 bits per heavy atom. The maximum atomic E-state index is 13.0. The van der Waals surface area contributed by atoms with Gasteiger partial charge in [-0.25, -0.2) is 4.39 Å². The van der Waals surface area contributed by atoms with Crippen LogP contribution in [-0.2, 0) is 12.0 Å². The molecular formula is C19H24FNO. The third kappa shape index (κ3) is 5.15. The molecule has 0 radical (unpaired) electrons. The van der Waals surface area contributed by atoms with Crippen LogP contribution in [0.5, 0.6) is 5.75 Å². The zero-order valence-corrected chi connectivity index (χ0v) is 13.5. The van der Waals surface area contributed by atoms with E-state index >= 15 is 0 Å². The van der Waals surface area contributed by atoms with E-state index in [1.165, 1.54) is 23.3 Å². The van der Waals surface area contributed by atoms with Crippen LogP contribution < -0.4 is 10.1 Å². The lowest BCUT2D eigenvalue weighted by atomic mass is 9.87. The van der Waals surface area contributed by atoms with Gasteiger partial charge < -0.3 is 10.1 Å². The van der Waals surface area contributed by atoms with Gasteiger partial charge in [-0.05, 0) is 28.7 Å². The first-order chi connectivity index (χ1) is 10.4. The van der Waals surface area contributed by atoms with Gasteiger partial charge in [0.1, 0.15) is 18.2 Å². The highest BCUT2D eigenvalue weighted by Crippen LogP contribution is 2.22. The zero-order chi connectivity index (χ0) is 16.0. The molecule has 0 aliphatic rings. The highest BCUT2D eigenvalue weighted by Gasteiger charge is 2.12. The average Bonchev–Trinajstić information content (AvgIpc) is 2.46. The van der Waals surface area contributed by atoms with Crippen LogP contribution in [0.1, 0.15) is 31.9 Å². The molecule has 0 fully saturated rings. The molecule has 0 aliphatic carbocycles. The number of benzene rings is 2. The van der Waals surface area contributed by atoms with Crippen LogP contribution in [0, 0.1) is 5.82 Å². The highest BCUT2D eigenvalue weighted by molar-refractivity contribution is 5.27. The lowest BCUT2D eigenvalue weighted by molar-refractivity contribution is 0.312. The largest absolute Gasteiger partial charge is 0.492 e. The maximum absolute atomic E-state index is 13.0. The third-order valence-electron chi connectivity index (χ3n) is 3.49. The number of hydrogen-bond acceptors (Lipinski definition) is 2. The second-order valence-electron chi connectivity index (χ2n) is 6.43. The number of nitrogens with one attached hydrogen (secondary N) is 1. The van der Waals surface area contributed by atoms with E-state index in [-0.39, 0.29) is 11.2 Å². The normalized spacial score (nSPS) is 11.5. The van der Waals surface area contributed by atoms with Gasteiger partial charge in [-0.1, -0.05) is 51.1 Å². The van der Waals surface area contributed by atoms with Gasteiger partial charge in [0, 0.05) is 19.2 Å². The van der Waals surface area contributed by atoms with Crippen LogP contribution in [0.25, 0.3) is 0 Å². The summed E-state index contributed by atoms with van der Waals surface area (Å²) in [5.41, 5.74) is 2.77. The van der Waals surface area contributed by atoms with E-state index in [1.807, 2.05) is 0 Å². The minimum Gasteiger partial charge on any atom is -0.492 e. The predicted octanol–water partition coefficient (Wildman–Crippen LogP) is 4.29. The molecular weight excluding hydrogens is 277 g/mol. The van der Waals surface area contributed by atoms with Crippen LogP contribution >= 0.6 is 0 Å². The molecule has 0 aliphatic heterocycles. The van der Waals surface area contributed by atoms with Gasteiger partial charge in [-0.2, -0.15) is 0 Å². The Hall–Kier alpha value is -1.87. The molecule has 0 spiro atoms. The predicted molar refractivity (Wildman–Crippen MR) is 88.7 cm³/mol. The number of rotatable bonds is 6. The molecule has 0 unspecified atom stereocenters. The first kappa shape index (κ1) is 16.5. The Labute approximate surface area is 132 Å². The van der Waals surface area contributed by atoms with Crippen LogP contribution in [-0.4, -0.2) is 13.2 Å². The van der Waals surface area contributed by atoms with Crippen molar-refractivity contribution in [3.05, 3.63) is 65.5 Å². The average molecular weight is 301 g/mol. The van der Waals surface area contributed by atoms with Crippen molar-refractivity contribution < 1.29 is 9.13 Å². The molecule has 0 bridgehead atoms. The first-order valence-corrected chi connectivity index (χ1v) is 7.64. The maximum Gasteiger partial charge on any atom is 0.126 e. The van der Waals surface area contributed by atoms with Crippen molar-refractivity contribution in [2.45, 2.75) is 32.7 Å². The molecule has 2 aromatic rings. The number of halogens is 1. The standard InChI is InChI=1S/C19H24FNO/c1-19(2,3)16-9-7-15(8-10-16)14-21-11-12-22-18-6-4-5-17(20)13-18/h4-10,13,21H,11-12,14H2,1-3H3. The molecule has 3 heteroatoms. The van der Waals surface area contributed by atoms with E-state index in [9.17, 15) is 4.39 Å². The minimum atomic E-state index is -0.274. The summed E-state index contributed by atoms with van der Waals surface area (Å²) in [7, 11) is 0. The molecule has 2 aromatic carbocycles. The topological polar surface area (TPSA) is 21.3 Å². The first-order valence-electron chi connectivity index (χ1n) is 7.64. The summed E-state index contributed by atoms with van der Waals surface area (Å²) in [6.07, 6.45) is 0. The number of hydrogen-bond donors (Lipinski definition) is 1. The van der Waals surface area contributed by atoms with Crippen LogP contribution in [0.3, 0.4) is 0 Å². The van der Waals surface area contributed by atoms with Gasteiger partial charge in [-0.3, -0.25) is 0 Å². The van der Waals surface area contributed by atoms with E-state index in [0.717, 1.165) is 13.1 Å². The van der Waals surface area contributed by atoms with Crippen molar-refractivity contribution >= 4 is 0 Å². The van der Waals surface area contributed by atoms with Crippen molar-refractivity contribution in [1.82, 2.24) is 5.32 Å². The summed E-state index contributed by atoms with van der Waals surface area (Å²) >= 11 is 0. The molecule has 2 nitrogen and oxygen atoms in total. The molecule has 0 saturated carbocycles. The van der Waals surface area contributed by atoms with E-state index in [2.05, 4.69) is 50.4 Å². The second-order valence-corrected chi connectivity index (χ2v) is 6.43. The Balaban J connectivity index is 1.70. The summed E-state index contributed by atoms with van der Waals surface area (Å²) in [6, 6.07) is 14.9. The van der Waals surface area contributed by atoms with Crippen molar-refractivity contribution in [2.75, 3.05) is 13.2 Å². The van der Waals surface area contributed by atoms with Crippen molar-refractivity contribution in [3.8, 4) is 5.75 Å². The molecule has 0 atom stereocenters. The van der Waals surface area contributed by atoms with Crippen molar-refractivity contribution in [2.24, 2.45) is 0 Å². The smallest absolute Gasteiger partial charge is 0.126 e. The molecule has 0 aromatic heterocycles. The fourth-order valence-corrected chi connectivity index (χ4v) is 2.15. The van der Waals surface area contributed by atoms with E-state index < -0.39 is 0 Å². The van der Waals surface area contributed by atoms with Gasteiger partial charge in [0.15, 0.2) is 0 Å². The fourth-order valence-electron chi connectivity index (χ4n) is 2.15. The van der Waals surface area contributed by atoms with Gasteiger partial charge in [-0.15, -0.1) is 0 Å². The summed E-state index contributed by atoms with van der Waals surface area (Å²) < 4.78 is 18.5. The highest BCUT2D eigenvalue weighted by atomic mass is 19.1. The summed E-state index contributed by atoms with van der Waals surface area (Å²) in [6.45, 7) is 8.68. The number of ether oxygens (including phenoxy) is 1. The van der Waals surface area contributed by atoms with Crippen LogP contribution in [0.2, 0.25) is 0 Å². The molecule has 118 valence electrons. The monoisotopic (exact) mass is 301 g/mol. The second kappa shape index (κ2) is 7.41. The Bertz CT molecular complexity index is 587. The third-order valence-corrected chi connectivity index (χ3v) is 3.49. The van der Waals surface area contributed by atoms with Gasteiger partial charge in [0.25, 0.3) is 0 Å². The minimum absolute atomic E-state index is 0.185. The van der Waals surface area contributed by atoms with Crippen LogP contribution in [0.4, 0.5) is 4.39 Å².